The van der Waals surface area contributed by atoms with Crippen LogP contribution in [0.5, 0.6) is 11.5 Å². The summed E-state index contributed by atoms with van der Waals surface area (Å²) < 4.78 is 5.57. The Morgan fingerprint density at radius 1 is 1.21 bits per heavy atom. The number of fused-ring (bicyclic) bond motifs is 3. The van der Waals surface area contributed by atoms with Crippen molar-refractivity contribution in [3.8, 4) is 11.5 Å². The largest absolute Gasteiger partial charge is 0.508 e. The molecule has 2 aromatic carbocycles. The molecule has 3 aliphatic rings. The van der Waals surface area contributed by atoms with Crippen LogP contribution in [0.25, 0.3) is 0 Å². The molecule has 4 atom stereocenters. The highest BCUT2D eigenvalue weighted by molar-refractivity contribution is 5.86. The maximum absolute atomic E-state index is 12.3. The van der Waals surface area contributed by atoms with Crippen LogP contribution in [0.1, 0.15) is 50.2 Å². The number of benzene rings is 2. The fraction of sp³-hybridized carbons (Fsp3) is 0.458. The van der Waals surface area contributed by atoms with Crippen molar-refractivity contribution in [2.75, 3.05) is 5.32 Å². The summed E-state index contributed by atoms with van der Waals surface area (Å²) in [6.45, 7) is 2.30. The van der Waals surface area contributed by atoms with Gasteiger partial charge in [-0.25, -0.2) is 4.79 Å². The molecule has 2 aromatic rings. The number of rotatable bonds is 2. The van der Waals surface area contributed by atoms with Crippen molar-refractivity contribution in [1.82, 2.24) is 0 Å². The summed E-state index contributed by atoms with van der Waals surface area (Å²) in [6.07, 6.45) is 6.65. The van der Waals surface area contributed by atoms with Gasteiger partial charge in [-0.1, -0.05) is 25.8 Å². The predicted octanol–water partition coefficient (Wildman–Crippen LogP) is 4.72. The van der Waals surface area contributed by atoms with Gasteiger partial charge in [0.2, 0.25) is 0 Å². The minimum absolute atomic E-state index is 0.0739. The van der Waals surface area contributed by atoms with Crippen LogP contribution in [0.3, 0.4) is 0 Å². The number of carbonyl (C=O) groups is 1. The zero-order valence-electron chi connectivity index (χ0n) is 16.8. The lowest BCUT2D eigenvalue weighted by Crippen LogP contribution is -2.54. The third-order valence-corrected chi connectivity index (χ3v) is 7.62. The monoisotopic (exact) mass is 392 g/mol. The summed E-state index contributed by atoms with van der Waals surface area (Å²) >= 11 is 0. The first-order valence-electron chi connectivity index (χ1n) is 10.6. The summed E-state index contributed by atoms with van der Waals surface area (Å²) in [6, 6.07) is 12.5. The molecular formula is C24H28N2O3. The molecule has 2 fully saturated rings. The van der Waals surface area contributed by atoms with Gasteiger partial charge in [-0.2, -0.15) is 0 Å². The average molecular weight is 392 g/mol. The number of nitrogens with two attached hydrogens (primary N) is 1. The fourth-order valence-electron chi connectivity index (χ4n) is 5.93. The number of phenolic OH excluding ortho intramolecular Hbond substituents is 1. The molecule has 0 heterocycles. The van der Waals surface area contributed by atoms with Crippen molar-refractivity contribution in [3.05, 3.63) is 53.6 Å². The highest BCUT2D eigenvalue weighted by atomic mass is 16.6. The van der Waals surface area contributed by atoms with E-state index in [-0.39, 0.29) is 22.6 Å². The van der Waals surface area contributed by atoms with Crippen LogP contribution in [-0.4, -0.2) is 17.2 Å². The molecule has 1 amide bonds. The zero-order chi connectivity index (χ0) is 20.2. The average Bonchev–Trinajstić information content (AvgIpc) is 3.39. The summed E-state index contributed by atoms with van der Waals surface area (Å²) in [7, 11) is 0. The second-order valence-corrected chi connectivity index (χ2v) is 9.33. The molecule has 4 N–H and O–H groups in total. The third kappa shape index (κ3) is 2.99. The fourth-order valence-corrected chi connectivity index (χ4v) is 5.93. The predicted molar refractivity (Wildman–Crippen MR) is 112 cm³/mol. The van der Waals surface area contributed by atoms with Crippen molar-refractivity contribution in [3.63, 3.8) is 0 Å². The Labute approximate surface area is 171 Å². The Morgan fingerprint density at radius 2 is 2.00 bits per heavy atom. The summed E-state index contributed by atoms with van der Waals surface area (Å²) in [4.78, 5) is 12.3. The van der Waals surface area contributed by atoms with Crippen LogP contribution in [0, 0.1) is 11.3 Å². The van der Waals surface area contributed by atoms with Crippen molar-refractivity contribution in [2.24, 2.45) is 17.1 Å². The van der Waals surface area contributed by atoms with Gasteiger partial charge in [-0.3, -0.25) is 5.32 Å². The Kier molecular flexibility index (Phi) is 4.14. The highest BCUT2D eigenvalue weighted by Crippen LogP contribution is 2.66. The summed E-state index contributed by atoms with van der Waals surface area (Å²) in [5.41, 5.74) is 10.3. The first-order valence-corrected chi connectivity index (χ1v) is 10.6. The van der Waals surface area contributed by atoms with Gasteiger partial charge in [-0.05, 0) is 84.5 Å². The second-order valence-electron chi connectivity index (χ2n) is 9.33. The molecule has 0 radical (unpaired) electrons. The topological polar surface area (TPSA) is 84.6 Å². The molecule has 5 rings (SSSR count). The van der Waals surface area contributed by atoms with E-state index in [2.05, 4.69) is 18.3 Å². The summed E-state index contributed by atoms with van der Waals surface area (Å²) in [5, 5.41) is 12.1. The van der Waals surface area contributed by atoms with Gasteiger partial charge in [0, 0.05) is 17.1 Å². The number of carbonyl (C=O) groups excluding carboxylic acids is 1. The standard InChI is InChI=1S/C24H28N2O3/c1-23-11-3-2-4-16-14-24(16,21(23)25)13-15-5-10-19(12-20(15)23)29-22(28)26-17-6-8-18(27)9-7-17/h5-10,12,16,21,27H,2-4,11,13-14,25H2,1H3,(H,26,28)/t16-,21+,23+,24?/m0/s1. The molecule has 1 unspecified atom stereocenters. The number of hydrogen-bond donors (Lipinski definition) is 3. The number of phenols is 1. The van der Waals surface area contributed by atoms with E-state index in [1.54, 1.807) is 12.1 Å². The van der Waals surface area contributed by atoms with E-state index < -0.39 is 6.09 Å². The normalized spacial score (nSPS) is 32.2. The molecule has 5 nitrogen and oxygen atoms in total. The molecule has 3 aliphatic carbocycles. The van der Waals surface area contributed by atoms with E-state index in [9.17, 15) is 9.90 Å². The number of nitrogens with one attached hydrogen (secondary N) is 1. The van der Waals surface area contributed by atoms with Gasteiger partial charge in [0.15, 0.2) is 0 Å². The van der Waals surface area contributed by atoms with E-state index in [1.807, 2.05) is 12.1 Å². The summed E-state index contributed by atoms with van der Waals surface area (Å²) in [5.74, 6) is 1.47. The Balaban J connectivity index is 1.40. The smallest absolute Gasteiger partial charge is 0.417 e. The lowest BCUT2D eigenvalue weighted by atomic mass is 9.59. The number of ether oxygens (including phenoxy) is 1. The molecule has 0 saturated heterocycles. The maximum atomic E-state index is 12.3. The van der Waals surface area contributed by atoms with E-state index in [0.717, 1.165) is 18.8 Å². The van der Waals surface area contributed by atoms with Crippen molar-refractivity contribution < 1.29 is 14.6 Å². The first-order chi connectivity index (χ1) is 13.9. The van der Waals surface area contributed by atoms with Crippen molar-refractivity contribution in [1.29, 1.82) is 0 Å². The molecule has 152 valence electrons. The molecule has 0 aliphatic heterocycles. The third-order valence-electron chi connectivity index (χ3n) is 7.62. The number of hydrogen-bond acceptors (Lipinski definition) is 4. The van der Waals surface area contributed by atoms with Crippen LogP contribution in [0.4, 0.5) is 10.5 Å². The Bertz CT molecular complexity index is 957. The van der Waals surface area contributed by atoms with Gasteiger partial charge in [0.1, 0.15) is 11.5 Å². The molecule has 29 heavy (non-hydrogen) atoms. The Morgan fingerprint density at radius 3 is 2.79 bits per heavy atom. The van der Waals surface area contributed by atoms with Gasteiger partial charge in [0.05, 0.1) is 0 Å². The molecule has 1 spiro atoms. The molecule has 2 saturated carbocycles. The van der Waals surface area contributed by atoms with E-state index >= 15 is 0 Å². The Hall–Kier alpha value is -2.53. The van der Waals surface area contributed by atoms with Gasteiger partial charge >= 0.3 is 6.09 Å². The van der Waals surface area contributed by atoms with Gasteiger partial charge in [0.25, 0.3) is 0 Å². The molecule has 2 bridgehead atoms. The maximum Gasteiger partial charge on any atom is 0.417 e. The minimum atomic E-state index is -0.544. The van der Waals surface area contributed by atoms with Crippen molar-refractivity contribution >= 4 is 11.8 Å². The molecule has 0 aromatic heterocycles. The minimum Gasteiger partial charge on any atom is -0.508 e. The number of anilines is 1. The molecule has 5 heteroatoms. The zero-order valence-corrected chi connectivity index (χ0v) is 16.8. The second kappa shape index (κ2) is 6.49. The van der Waals surface area contributed by atoms with Crippen LogP contribution in [0.15, 0.2) is 42.5 Å². The lowest BCUT2D eigenvalue weighted by molar-refractivity contribution is 0.182. The first kappa shape index (κ1) is 18.5. The van der Waals surface area contributed by atoms with E-state index in [1.165, 1.54) is 48.9 Å². The van der Waals surface area contributed by atoms with E-state index in [4.69, 9.17) is 10.5 Å². The quantitative estimate of drug-likeness (QED) is 0.646. The number of aromatic hydroxyl groups is 1. The molecular weight excluding hydrogens is 364 g/mol. The van der Waals surface area contributed by atoms with Crippen LogP contribution in [0.2, 0.25) is 0 Å². The van der Waals surface area contributed by atoms with Crippen LogP contribution >= 0.6 is 0 Å². The SMILES string of the molecule is C[C@@]12CCCC[C@H]3CC3(Cc3ccc(OC(=O)Nc4ccc(O)cc4)cc31)[C@@H]2N. The van der Waals surface area contributed by atoms with E-state index in [0.29, 0.717) is 11.4 Å². The lowest BCUT2D eigenvalue weighted by Gasteiger charge is -2.48. The van der Waals surface area contributed by atoms with Gasteiger partial charge in [-0.15, -0.1) is 0 Å². The number of amides is 1. The highest BCUT2D eigenvalue weighted by Gasteiger charge is 2.64. The van der Waals surface area contributed by atoms with Crippen molar-refractivity contribution in [2.45, 2.75) is 56.9 Å². The van der Waals surface area contributed by atoms with Gasteiger partial charge < -0.3 is 15.6 Å². The van der Waals surface area contributed by atoms with Crippen LogP contribution in [-0.2, 0) is 11.8 Å². The van der Waals surface area contributed by atoms with Crippen LogP contribution < -0.4 is 15.8 Å².